The largest absolute Gasteiger partial charge is 0.497 e. The number of ether oxygens (including phenoxy) is 2. The number of benzene rings is 1. The van der Waals surface area contributed by atoms with E-state index in [4.69, 9.17) is 9.47 Å². The second-order valence-corrected chi connectivity index (χ2v) is 4.65. The minimum Gasteiger partial charge on any atom is -0.497 e. The van der Waals surface area contributed by atoms with E-state index in [1.165, 1.54) is 5.56 Å². The van der Waals surface area contributed by atoms with E-state index in [0.717, 1.165) is 12.2 Å². The van der Waals surface area contributed by atoms with Crippen molar-refractivity contribution in [3.63, 3.8) is 0 Å². The number of rotatable bonds is 6. The fourth-order valence-corrected chi connectivity index (χ4v) is 2.28. The third-order valence-electron chi connectivity index (χ3n) is 3.59. The molecule has 96 valence electrons. The summed E-state index contributed by atoms with van der Waals surface area (Å²) in [5, 5.41) is 0. The predicted molar refractivity (Wildman–Crippen MR) is 71.7 cm³/mol. The Kier molecular flexibility index (Phi) is 5.49. The van der Waals surface area contributed by atoms with Crippen LogP contribution >= 0.6 is 0 Å². The van der Waals surface area contributed by atoms with E-state index >= 15 is 0 Å². The highest BCUT2D eigenvalue weighted by atomic mass is 16.5. The number of methoxy groups -OCH3 is 2. The Labute approximate surface area is 105 Å². The topological polar surface area (TPSA) is 18.5 Å². The lowest BCUT2D eigenvalue weighted by atomic mass is 9.86. The normalized spacial score (nSPS) is 16.3. The van der Waals surface area contributed by atoms with E-state index in [0.29, 0.717) is 11.8 Å². The van der Waals surface area contributed by atoms with Gasteiger partial charge < -0.3 is 9.47 Å². The van der Waals surface area contributed by atoms with Gasteiger partial charge in [-0.25, -0.2) is 0 Å². The van der Waals surface area contributed by atoms with Crippen LogP contribution in [-0.2, 0) is 4.74 Å². The van der Waals surface area contributed by atoms with Crippen LogP contribution in [0.25, 0.3) is 0 Å². The summed E-state index contributed by atoms with van der Waals surface area (Å²) in [4.78, 5) is 0. The Morgan fingerprint density at radius 1 is 1.18 bits per heavy atom. The maximum absolute atomic E-state index is 5.65. The van der Waals surface area contributed by atoms with E-state index in [1.807, 2.05) is 12.1 Å². The van der Waals surface area contributed by atoms with Gasteiger partial charge in [-0.1, -0.05) is 39.3 Å². The summed E-state index contributed by atoms with van der Waals surface area (Å²) >= 11 is 0. The van der Waals surface area contributed by atoms with Gasteiger partial charge in [0.15, 0.2) is 0 Å². The summed E-state index contributed by atoms with van der Waals surface area (Å²) in [6, 6.07) is 8.25. The molecule has 0 radical (unpaired) electrons. The molecule has 0 saturated heterocycles. The molecule has 0 unspecified atom stereocenters. The summed E-state index contributed by atoms with van der Waals surface area (Å²) < 4.78 is 10.9. The lowest BCUT2D eigenvalue weighted by Crippen LogP contribution is -2.26. The van der Waals surface area contributed by atoms with Crippen LogP contribution in [0.15, 0.2) is 24.3 Å². The molecule has 0 aliphatic heterocycles. The van der Waals surface area contributed by atoms with Crippen molar-refractivity contribution in [2.45, 2.75) is 39.2 Å². The van der Waals surface area contributed by atoms with Crippen molar-refractivity contribution in [1.82, 2.24) is 0 Å². The molecule has 0 fully saturated rings. The van der Waals surface area contributed by atoms with Gasteiger partial charge in [0.2, 0.25) is 0 Å². The first-order chi connectivity index (χ1) is 8.13. The second kappa shape index (κ2) is 6.65. The Hall–Kier alpha value is -1.02. The van der Waals surface area contributed by atoms with Gasteiger partial charge in [-0.3, -0.25) is 0 Å². The minimum atomic E-state index is 0.257. The maximum atomic E-state index is 5.65. The average molecular weight is 236 g/mol. The molecule has 1 aromatic rings. The number of hydrogen-bond acceptors (Lipinski definition) is 2. The first kappa shape index (κ1) is 14.0. The Morgan fingerprint density at radius 3 is 2.41 bits per heavy atom. The van der Waals surface area contributed by atoms with Gasteiger partial charge in [-0.05, 0) is 23.6 Å². The van der Waals surface area contributed by atoms with Gasteiger partial charge in [-0.15, -0.1) is 0 Å². The van der Waals surface area contributed by atoms with Crippen molar-refractivity contribution < 1.29 is 9.47 Å². The Bertz CT molecular complexity index is 335. The molecule has 0 amide bonds. The molecule has 0 aromatic heterocycles. The van der Waals surface area contributed by atoms with E-state index in [9.17, 15) is 0 Å². The molecule has 0 N–H and O–H groups in total. The molecular formula is C15H24O2. The number of hydrogen-bond donors (Lipinski definition) is 0. The molecule has 17 heavy (non-hydrogen) atoms. The van der Waals surface area contributed by atoms with Crippen molar-refractivity contribution >= 4 is 0 Å². The molecule has 3 atom stereocenters. The lowest BCUT2D eigenvalue weighted by molar-refractivity contribution is 0.0392. The van der Waals surface area contributed by atoms with Crippen LogP contribution in [0, 0.1) is 5.92 Å². The van der Waals surface area contributed by atoms with Gasteiger partial charge in [-0.2, -0.15) is 0 Å². The summed E-state index contributed by atoms with van der Waals surface area (Å²) in [6.07, 6.45) is 1.39. The molecule has 1 rings (SSSR count). The highest BCUT2D eigenvalue weighted by molar-refractivity contribution is 5.31. The van der Waals surface area contributed by atoms with E-state index in [2.05, 4.69) is 32.9 Å². The molecule has 1 aromatic carbocycles. The van der Waals surface area contributed by atoms with Gasteiger partial charge >= 0.3 is 0 Å². The SMILES string of the molecule is CC[C@@H](C)[C@H](OC)[C@H](C)c1cccc(OC)c1. The highest BCUT2D eigenvalue weighted by Crippen LogP contribution is 2.29. The molecule has 2 heteroatoms. The van der Waals surface area contributed by atoms with Crippen molar-refractivity contribution in [2.24, 2.45) is 5.92 Å². The van der Waals surface area contributed by atoms with E-state index in [1.54, 1.807) is 14.2 Å². The Balaban J connectivity index is 2.88. The van der Waals surface area contributed by atoms with Crippen LogP contribution in [0.3, 0.4) is 0 Å². The van der Waals surface area contributed by atoms with Crippen LogP contribution in [0.1, 0.15) is 38.7 Å². The van der Waals surface area contributed by atoms with Crippen LogP contribution in [0.5, 0.6) is 5.75 Å². The zero-order valence-electron chi connectivity index (χ0n) is 11.6. The summed E-state index contributed by atoms with van der Waals surface area (Å²) in [7, 11) is 3.50. The molecule has 0 aliphatic carbocycles. The average Bonchev–Trinajstić information content (AvgIpc) is 2.39. The van der Waals surface area contributed by atoms with Crippen molar-refractivity contribution in [3.05, 3.63) is 29.8 Å². The van der Waals surface area contributed by atoms with Gasteiger partial charge in [0, 0.05) is 13.0 Å². The van der Waals surface area contributed by atoms with Crippen LogP contribution in [0.4, 0.5) is 0 Å². The van der Waals surface area contributed by atoms with Gasteiger partial charge in [0.25, 0.3) is 0 Å². The zero-order valence-corrected chi connectivity index (χ0v) is 11.6. The van der Waals surface area contributed by atoms with Crippen LogP contribution < -0.4 is 4.74 Å². The molecule has 0 saturated carbocycles. The summed E-state index contributed by atoms with van der Waals surface area (Å²) in [6.45, 7) is 6.66. The summed E-state index contributed by atoms with van der Waals surface area (Å²) in [5.74, 6) is 1.85. The third kappa shape index (κ3) is 3.47. The monoisotopic (exact) mass is 236 g/mol. The zero-order chi connectivity index (χ0) is 12.8. The third-order valence-corrected chi connectivity index (χ3v) is 3.59. The van der Waals surface area contributed by atoms with Crippen LogP contribution in [0.2, 0.25) is 0 Å². The Morgan fingerprint density at radius 2 is 1.88 bits per heavy atom. The molecular weight excluding hydrogens is 212 g/mol. The summed E-state index contributed by atoms with van der Waals surface area (Å²) in [5.41, 5.74) is 1.27. The van der Waals surface area contributed by atoms with Crippen molar-refractivity contribution in [3.8, 4) is 5.75 Å². The second-order valence-electron chi connectivity index (χ2n) is 4.65. The fraction of sp³-hybridized carbons (Fsp3) is 0.600. The maximum Gasteiger partial charge on any atom is 0.119 e. The molecule has 0 aliphatic rings. The first-order valence-electron chi connectivity index (χ1n) is 6.30. The highest BCUT2D eigenvalue weighted by Gasteiger charge is 2.23. The fourth-order valence-electron chi connectivity index (χ4n) is 2.28. The molecule has 0 heterocycles. The minimum absolute atomic E-state index is 0.257. The molecule has 0 spiro atoms. The first-order valence-corrected chi connectivity index (χ1v) is 6.30. The molecule has 2 nitrogen and oxygen atoms in total. The van der Waals surface area contributed by atoms with Crippen molar-refractivity contribution in [1.29, 1.82) is 0 Å². The van der Waals surface area contributed by atoms with E-state index in [-0.39, 0.29) is 6.10 Å². The van der Waals surface area contributed by atoms with Gasteiger partial charge in [0.05, 0.1) is 13.2 Å². The van der Waals surface area contributed by atoms with Crippen molar-refractivity contribution in [2.75, 3.05) is 14.2 Å². The smallest absolute Gasteiger partial charge is 0.119 e. The lowest BCUT2D eigenvalue weighted by Gasteiger charge is -2.28. The van der Waals surface area contributed by atoms with E-state index < -0.39 is 0 Å². The van der Waals surface area contributed by atoms with Gasteiger partial charge in [0.1, 0.15) is 5.75 Å². The standard InChI is InChI=1S/C15H24O2/c1-6-11(2)15(17-5)12(3)13-8-7-9-14(10-13)16-4/h7-12,15H,6H2,1-5H3/t11-,12-,15+/m1/s1. The quantitative estimate of drug-likeness (QED) is 0.746. The predicted octanol–water partition coefficient (Wildman–Crippen LogP) is 3.86. The van der Waals surface area contributed by atoms with Crippen LogP contribution in [-0.4, -0.2) is 20.3 Å². The molecule has 0 bridgehead atoms.